The summed E-state index contributed by atoms with van der Waals surface area (Å²) in [5.74, 6) is 1.02. The zero-order valence-electron chi connectivity index (χ0n) is 9.96. The van der Waals surface area contributed by atoms with Crippen LogP contribution in [-0.2, 0) is 6.42 Å². The van der Waals surface area contributed by atoms with E-state index in [2.05, 4.69) is 39.7 Å². The number of nitrogens with zero attached hydrogens (tertiary/aromatic N) is 1. The fourth-order valence-corrected chi connectivity index (χ4v) is 2.95. The average Bonchev–Trinajstić information content (AvgIpc) is 2.70. The Morgan fingerprint density at radius 2 is 2.28 bits per heavy atom. The highest BCUT2D eigenvalue weighted by Gasteiger charge is 2.12. The second-order valence-corrected chi connectivity index (χ2v) is 6.54. The molecule has 0 bridgehead atoms. The van der Waals surface area contributed by atoms with E-state index in [1.54, 1.807) is 6.07 Å². The first-order chi connectivity index (χ1) is 8.47. The van der Waals surface area contributed by atoms with Crippen LogP contribution in [0.4, 0.5) is 0 Å². The lowest BCUT2D eigenvalue weighted by Crippen LogP contribution is -2.14. The average molecular weight is 348 g/mol. The third-order valence-electron chi connectivity index (χ3n) is 2.33. The molecule has 1 N–H and O–H groups in total. The third-order valence-corrected chi connectivity index (χ3v) is 4.44. The summed E-state index contributed by atoms with van der Waals surface area (Å²) in [5.41, 5.74) is 0.633. The Balaban J connectivity index is 2.50. The zero-order valence-corrected chi connectivity index (χ0v) is 13.1. The van der Waals surface area contributed by atoms with Crippen molar-refractivity contribution in [1.82, 2.24) is 9.97 Å². The van der Waals surface area contributed by atoms with Gasteiger partial charge in [-0.2, -0.15) is 0 Å². The molecule has 0 amide bonds. The summed E-state index contributed by atoms with van der Waals surface area (Å²) < 4.78 is 0.516. The van der Waals surface area contributed by atoms with Crippen molar-refractivity contribution in [2.45, 2.75) is 20.3 Å². The van der Waals surface area contributed by atoms with Crippen LogP contribution in [0.2, 0.25) is 5.02 Å². The minimum absolute atomic E-state index is 0.153. The van der Waals surface area contributed by atoms with Crippen molar-refractivity contribution >= 4 is 38.9 Å². The molecule has 0 aliphatic carbocycles. The van der Waals surface area contributed by atoms with E-state index < -0.39 is 0 Å². The number of hydrogen-bond acceptors (Lipinski definition) is 3. The van der Waals surface area contributed by atoms with Gasteiger partial charge in [-0.1, -0.05) is 25.4 Å². The number of halogens is 2. The molecule has 18 heavy (non-hydrogen) atoms. The van der Waals surface area contributed by atoms with Crippen molar-refractivity contribution in [3.05, 3.63) is 37.0 Å². The van der Waals surface area contributed by atoms with E-state index in [4.69, 9.17) is 11.6 Å². The Morgan fingerprint density at radius 3 is 2.83 bits per heavy atom. The lowest BCUT2D eigenvalue weighted by Gasteiger charge is -2.07. The second-order valence-electron chi connectivity index (χ2n) is 4.40. The molecule has 2 aromatic heterocycles. The normalized spacial score (nSPS) is 11.2. The topological polar surface area (TPSA) is 45.8 Å². The van der Waals surface area contributed by atoms with Crippen LogP contribution < -0.4 is 5.56 Å². The van der Waals surface area contributed by atoms with Crippen LogP contribution in [0.5, 0.6) is 0 Å². The quantitative estimate of drug-likeness (QED) is 0.908. The van der Waals surface area contributed by atoms with Gasteiger partial charge < -0.3 is 4.98 Å². The SMILES string of the molecule is CC(C)Cc1nc(-c2cc(Cl)cs2)[nH]c(=O)c1Br. The molecule has 3 nitrogen and oxygen atoms in total. The van der Waals surface area contributed by atoms with Gasteiger partial charge in [0.1, 0.15) is 4.47 Å². The van der Waals surface area contributed by atoms with Gasteiger partial charge in [-0.3, -0.25) is 4.79 Å². The van der Waals surface area contributed by atoms with Gasteiger partial charge in [-0.05, 0) is 34.3 Å². The Morgan fingerprint density at radius 1 is 1.56 bits per heavy atom. The molecule has 2 aromatic rings. The highest BCUT2D eigenvalue weighted by molar-refractivity contribution is 9.10. The predicted molar refractivity (Wildman–Crippen MR) is 79.4 cm³/mol. The number of aromatic amines is 1. The van der Waals surface area contributed by atoms with Crippen LogP contribution in [-0.4, -0.2) is 9.97 Å². The molecule has 0 aliphatic rings. The van der Waals surface area contributed by atoms with E-state index >= 15 is 0 Å². The second kappa shape index (κ2) is 5.55. The summed E-state index contributed by atoms with van der Waals surface area (Å²) in [6, 6.07) is 1.80. The van der Waals surface area contributed by atoms with Gasteiger partial charge in [0.25, 0.3) is 5.56 Å². The van der Waals surface area contributed by atoms with Crippen LogP contribution in [0.1, 0.15) is 19.5 Å². The Hall–Kier alpha value is -0.650. The van der Waals surface area contributed by atoms with E-state index in [0.717, 1.165) is 17.0 Å². The number of aromatic nitrogens is 2. The fraction of sp³-hybridized carbons (Fsp3) is 0.333. The fourth-order valence-electron chi connectivity index (χ4n) is 1.58. The Kier molecular flexibility index (Phi) is 4.25. The van der Waals surface area contributed by atoms with Gasteiger partial charge in [0, 0.05) is 5.38 Å². The molecule has 0 saturated heterocycles. The molecule has 0 spiro atoms. The summed E-state index contributed by atoms with van der Waals surface area (Å²) >= 11 is 10.6. The largest absolute Gasteiger partial charge is 0.305 e. The Labute approximate surface area is 122 Å². The molecule has 0 saturated carbocycles. The first-order valence-corrected chi connectivity index (χ1v) is 7.55. The number of hydrogen-bond donors (Lipinski definition) is 1. The van der Waals surface area contributed by atoms with Crippen molar-refractivity contribution in [2.75, 3.05) is 0 Å². The molecule has 0 atom stereocenters. The van der Waals surface area contributed by atoms with Crippen LogP contribution in [0.3, 0.4) is 0 Å². The number of thiophene rings is 1. The number of H-pyrrole nitrogens is 1. The van der Waals surface area contributed by atoms with E-state index in [1.165, 1.54) is 11.3 Å². The zero-order chi connectivity index (χ0) is 13.3. The van der Waals surface area contributed by atoms with Crippen molar-refractivity contribution < 1.29 is 0 Å². The first kappa shape index (κ1) is 13.8. The van der Waals surface area contributed by atoms with Crippen LogP contribution in [0.25, 0.3) is 10.7 Å². The van der Waals surface area contributed by atoms with Gasteiger partial charge in [0.15, 0.2) is 5.82 Å². The van der Waals surface area contributed by atoms with Gasteiger partial charge >= 0.3 is 0 Å². The first-order valence-electron chi connectivity index (χ1n) is 5.50. The summed E-state index contributed by atoms with van der Waals surface area (Å²) in [5, 5.41) is 2.48. The molecule has 0 radical (unpaired) electrons. The summed E-state index contributed by atoms with van der Waals surface area (Å²) in [7, 11) is 0. The van der Waals surface area contributed by atoms with Crippen LogP contribution in [0, 0.1) is 5.92 Å². The van der Waals surface area contributed by atoms with Gasteiger partial charge in [0.05, 0.1) is 15.6 Å². The molecule has 0 fully saturated rings. The van der Waals surface area contributed by atoms with E-state index in [1.807, 2.05) is 5.38 Å². The highest BCUT2D eigenvalue weighted by atomic mass is 79.9. The van der Waals surface area contributed by atoms with Gasteiger partial charge in [0.2, 0.25) is 0 Å². The van der Waals surface area contributed by atoms with Gasteiger partial charge in [-0.15, -0.1) is 11.3 Å². The molecule has 0 unspecified atom stereocenters. The molecule has 96 valence electrons. The maximum Gasteiger partial charge on any atom is 0.265 e. The smallest absolute Gasteiger partial charge is 0.265 e. The summed E-state index contributed by atoms with van der Waals surface area (Å²) in [6.07, 6.45) is 0.761. The van der Waals surface area contributed by atoms with E-state index in [9.17, 15) is 4.79 Å². The molecule has 2 rings (SSSR count). The van der Waals surface area contributed by atoms with Crippen molar-refractivity contribution in [3.8, 4) is 10.7 Å². The summed E-state index contributed by atoms with van der Waals surface area (Å²) in [6.45, 7) is 4.19. The maximum atomic E-state index is 11.9. The molecule has 2 heterocycles. The molecular weight excluding hydrogens is 336 g/mol. The van der Waals surface area contributed by atoms with Crippen molar-refractivity contribution in [2.24, 2.45) is 5.92 Å². The van der Waals surface area contributed by atoms with Gasteiger partial charge in [-0.25, -0.2) is 4.98 Å². The molecule has 0 aliphatic heterocycles. The van der Waals surface area contributed by atoms with E-state index in [0.29, 0.717) is 21.2 Å². The minimum Gasteiger partial charge on any atom is -0.305 e. The Bertz CT molecular complexity index is 621. The third kappa shape index (κ3) is 3.02. The lowest BCUT2D eigenvalue weighted by atomic mass is 10.1. The standard InChI is InChI=1S/C12H12BrClN2OS/c1-6(2)3-8-10(13)12(17)16-11(15-8)9-4-7(14)5-18-9/h4-6H,3H2,1-2H3,(H,15,16,17). The van der Waals surface area contributed by atoms with Crippen LogP contribution >= 0.6 is 38.9 Å². The van der Waals surface area contributed by atoms with Crippen molar-refractivity contribution in [3.63, 3.8) is 0 Å². The monoisotopic (exact) mass is 346 g/mol. The number of nitrogens with one attached hydrogen (secondary N) is 1. The molecule has 6 heteroatoms. The minimum atomic E-state index is -0.153. The summed E-state index contributed by atoms with van der Waals surface area (Å²) in [4.78, 5) is 20.0. The maximum absolute atomic E-state index is 11.9. The molecular formula is C12H12BrClN2OS. The van der Waals surface area contributed by atoms with Crippen LogP contribution in [0.15, 0.2) is 20.7 Å². The predicted octanol–water partition coefficient (Wildman–Crippen LogP) is 4.11. The highest BCUT2D eigenvalue weighted by Crippen LogP contribution is 2.27. The number of rotatable bonds is 3. The molecule has 0 aromatic carbocycles. The van der Waals surface area contributed by atoms with E-state index in [-0.39, 0.29) is 5.56 Å². The van der Waals surface area contributed by atoms with Crippen molar-refractivity contribution in [1.29, 1.82) is 0 Å². The lowest BCUT2D eigenvalue weighted by molar-refractivity contribution is 0.631.